The molecule has 5 aromatic rings. The van der Waals surface area contributed by atoms with Crippen molar-refractivity contribution < 1.29 is 9.59 Å². The van der Waals surface area contributed by atoms with E-state index in [-0.39, 0.29) is 17.9 Å². The van der Waals surface area contributed by atoms with Gasteiger partial charge in [-0.25, -0.2) is 4.98 Å². The molecule has 1 atom stereocenters. The molecule has 0 aliphatic heterocycles. The second-order valence-electron chi connectivity index (χ2n) is 8.35. The van der Waals surface area contributed by atoms with Crippen LogP contribution in [0.1, 0.15) is 48.2 Å². The number of nitrogens with zero attached hydrogens (tertiary/aromatic N) is 3. The fraction of sp³-hybridized carbons (Fsp3) is 0.185. The van der Waals surface area contributed by atoms with Gasteiger partial charge in [0.05, 0.1) is 22.0 Å². The molecule has 2 amide bonds. The summed E-state index contributed by atoms with van der Waals surface area (Å²) in [4.78, 5) is 40.5. The lowest BCUT2D eigenvalue weighted by Crippen LogP contribution is -2.33. The Bertz CT molecular complexity index is 1480. The summed E-state index contributed by atoms with van der Waals surface area (Å²) in [6.45, 7) is 3.98. The molecule has 2 aromatic carbocycles. The number of anilines is 2. The summed E-state index contributed by atoms with van der Waals surface area (Å²) in [5.74, 6) is 0.595. The largest absolute Gasteiger partial charge is 0.340 e. The third-order valence-corrected chi connectivity index (χ3v) is 6.98. The Hall–Kier alpha value is -4.04. The number of hydrogen-bond donors (Lipinski definition) is 2. The van der Waals surface area contributed by atoms with Gasteiger partial charge in [0.25, 0.3) is 5.91 Å². The van der Waals surface area contributed by atoms with E-state index in [4.69, 9.17) is 4.98 Å². The number of aromatic nitrogens is 3. The van der Waals surface area contributed by atoms with Crippen LogP contribution in [0.4, 0.5) is 11.4 Å². The minimum atomic E-state index is -0.285. The molecule has 1 unspecified atom stereocenters. The number of nitrogens with one attached hydrogen (secondary N) is 2. The number of hydrogen-bond acceptors (Lipinski definition) is 5. The molecule has 0 aliphatic rings. The first kappa shape index (κ1) is 22.7. The van der Waals surface area contributed by atoms with E-state index in [1.54, 1.807) is 29.4 Å². The minimum absolute atomic E-state index is 0.0330. The SMILES string of the molecule is CCCC(=O)N(c1ccc2sc(C(=O)Nc3ccncc3)cc2c1)C(C)c1nc2ccccc2[nH]1. The molecule has 7 nitrogen and oxygen atoms in total. The van der Waals surface area contributed by atoms with Crippen molar-refractivity contribution in [1.82, 2.24) is 15.0 Å². The fourth-order valence-electron chi connectivity index (χ4n) is 4.13. The summed E-state index contributed by atoms with van der Waals surface area (Å²) in [5.41, 5.74) is 3.28. The molecule has 0 saturated carbocycles. The average molecular weight is 484 g/mol. The number of rotatable bonds is 7. The van der Waals surface area contributed by atoms with Gasteiger partial charge in [-0.2, -0.15) is 0 Å². The number of thiophene rings is 1. The molecule has 0 bridgehead atoms. The summed E-state index contributed by atoms with van der Waals surface area (Å²) in [7, 11) is 0. The van der Waals surface area contributed by atoms with Crippen molar-refractivity contribution in [3.63, 3.8) is 0 Å². The van der Waals surface area contributed by atoms with Crippen LogP contribution in [0.5, 0.6) is 0 Å². The number of carbonyl (C=O) groups excluding carboxylic acids is 2. The molecule has 0 saturated heterocycles. The molecule has 0 radical (unpaired) electrons. The maximum Gasteiger partial charge on any atom is 0.265 e. The van der Waals surface area contributed by atoms with E-state index >= 15 is 0 Å². The Morgan fingerprint density at radius 3 is 2.66 bits per heavy atom. The number of fused-ring (bicyclic) bond motifs is 2. The minimum Gasteiger partial charge on any atom is -0.340 e. The molecule has 3 aromatic heterocycles. The van der Waals surface area contributed by atoms with Gasteiger partial charge in [-0.3, -0.25) is 14.6 Å². The molecular weight excluding hydrogens is 458 g/mol. The Kier molecular flexibility index (Phi) is 6.29. The molecule has 3 heterocycles. The molecule has 35 heavy (non-hydrogen) atoms. The van der Waals surface area contributed by atoms with Gasteiger partial charge < -0.3 is 15.2 Å². The van der Waals surface area contributed by atoms with Crippen LogP contribution in [0.3, 0.4) is 0 Å². The van der Waals surface area contributed by atoms with E-state index < -0.39 is 0 Å². The van der Waals surface area contributed by atoms with Crippen molar-refractivity contribution in [1.29, 1.82) is 0 Å². The average Bonchev–Trinajstić information content (AvgIpc) is 3.49. The smallest absolute Gasteiger partial charge is 0.265 e. The molecule has 8 heteroatoms. The van der Waals surface area contributed by atoms with Gasteiger partial charge >= 0.3 is 0 Å². The Morgan fingerprint density at radius 2 is 1.89 bits per heavy atom. The van der Waals surface area contributed by atoms with Crippen molar-refractivity contribution in [3.05, 3.63) is 83.8 Å². The van der Waals surface area contributed by atoms with Crippen molar-refractivity contribution in [2.45, 2.75) is 32.7 Å². The van der Waals surface area contributed by atoms with Gasteiger partial charge in [-0.1, -0.05) is 19.1 Å². The van der Waals surface area contributed by atoms with E-state index in [1.807, 2.05) is 62.4 Å². The molecule has 0 spiro atoms. The predicted molar refractivity (Wildman–Crippen MR) is 141 cm³/mol. The van der Waals surface area contributed by atoms with Gasteiger partial charge in [0, 0.05) is 34.9 Å². The normalized spacial score (nSPS) is 12.1. The quantitative estimate of drug-likeness (QED) is 0.283. The number of H-pyrrole nitrogens is 1. The summed E-state index contributed by atoms with van der Waals surface area (Å²) in [6, 6.07) is 18.8. The van der Waals surface area contributed by atoms with Crippen LogP contribution >= 0.6 is 11.3 Å². The zero-order valence-corrected chi connectivity index (χ0v) is 20.3. The molecular formula is C27H25N5O2S. The van der Waals surface area contributed by atoms with E-state index in [1.165, 1.54) is 11.3 Å². The predicted octanol–water partition coefficient (Wildman–Crippen LogP) is 6.32. The fourth-order valence-corrected chi connectivity index (χ4v) is 5.07. The summed E-state index contributed by atoms with van der Waals surface area (Å²) in [5, 5.41) is 3.81. The summed E-state index contributed by atoms with van der Waals surface area (Å²) in [6.07, 6.45) is 4.46. The number of aromatic amines is 1. The highest BCUT2D eigenvalue weighted by Crippen LogP contribution is 2.34. The topological polar surface area (TPSA) is 91.0 Å². The molecule has 0 fully saturated rings. The summed E-state index contributed by atoms with van der Waals surface area (Å²) >= 11 is 1.42. The molecule has 0 aliphatic carbocycles. The van der Waals surface area contributed by atoms with Gasteiger partial charge in [0.1, 0.15) is 5.82 Å². The number of imidazole rings is 1. The summed E-state index contributed by atoms with van der Waals surface area (Å²) < 4.78 is 0.980. The maximum atomic E-state index is 13.2. The highest BCUT2D eigenvalue weighted by molar-refractivity contribution is 7.20. The standard InChI is InChI=1S/C27H25N5O2S/c1-3-6-25(33)32(17(2)26-30-21-7-4-5-8-22(21)31-26)20-9-10-23-18(15-20)16-24(35-23)27(34)29-19-11-13-28-14-12-19/h4-5,7-17H,3,6H2,1-2H3,(H,30,31)(H,28,29,34). The first-order valence-electron chi connectivity index (χ1n) is 11.5. The van der Waals surface area contributed by atoms with Crippen LogP contribution in [-0.2, 0) is 4.79 Å². The van der Waals surface area contributed by atoms with E-state index in [0.717, 1.165) is 39.1 Å². The lowest BCUT2D eigenvalue weighted by atomic mass is 10.1. The number of amides is 2. The van der Waals surface area contributed by atoms with Crippen molar-refractivity contribution in [3.8, 4) is 0 Å². The number of para-hydroxylation sites is 2. The molecule has 2 N–H and O–H groups in total. The Morgan fingerprint density at radius 1 is 1.09 bits per heavy atom. The lowest BCUT2D eigenvalue weighted by molar-refractivity contribution is -0.119. The van der Waals surface area contributed by atoms with E-state index in [2.05, 4.69) is 15.3 Å². The maximum absolute atomic E-state index is 13.2. The van der Waals surface area contributed by atoms with Crippen LogP contribution in [0.2, 0.25) is 0 Å². The van der Waals surface area contributed by atoms with Crippen molar-refractivity contribution in [2.24, 2.45) is 0 Å². The number of pyridine rings is 1. The van der Waals surface area contributed by atoms with Crippen LogP contribution in [0, 0.1) is 0 Å². The third-order valence-electron chi connectivity index (χ3n) is 5.86. The van der Waals surface area contributed by atoms with Crippen molar-refractivity contribution in [2.75, 3.05) is 10.2 Å². The molecule has 5 rings (SSSR count). The monoisotopic (exact) mass is 483 g/mol. The number of benzene rings is 2. The van der Waals surface area contributed by atoms with E-state index in [0.29, 0.717) is 17.0 Å². The van der Waals surface area contributed by atoms with Crippen LogP contribution in [0.25, 0.3) is 21.1 Å². The van der Waals surface area contributed by atoms with Crippen LogP contribution < -0.4 is 10.2 Å². The molecule has 176 valence electrons. The van der Waals surface area contributed by atoms with Crippen molar-refractivity contribution >= 4 is 55.6 Å². The van der Waals surface area contributed by atoms with Gasteiger partial charge in [-0.15, -0.1) is 11.3 Å². The Labute approximate surface area is 206 Å². The lowest BCUT2D eigenvalue weighted by Gasteiger charge is -2.28. The zero-order valence-electron chi connectivity index (χ0n) is 19.5. The van der Waals surface area contributed by atoms with Crippen LogP contribution in [-0.4, -0.2) is 26.8 Å². The second kappa shape index (κ2) is 9.68. The first-order chi connectivity index (χ1) is 17.0. The van der Waals surface area contributed by atoms with Gasteiger partial charge in [-0.05, 0) is 67.3 Å². The number of carbonyl (C=O) groups is 2. The zero-order chi connectivity index (χ0) is 24.4. The first-order valence-corrected chi connectivity index (χ1v) is 12.4. The highest BCUT2D eigenvalue weighted by Gasteiger charge is 2.26. The van der Waals surface area contributed by atoms with E-state index in [9.17, 15) is 9.59 Å². The Balaban J connectivity index is 1.47. The van der Waals surface area contributed by atoms with Crippen LogP contribution in [0.15, 0.2) is 73.1 Å². The van der Waals surface area contributed by atoms with Gasteiger partial charge in [0.15, 0.2) is 0 Å². The highest BCUT2D eigenvalue weighted by atomic mass is 32.1. The third kappa shape index (κ3) is 4.65. The second-order valence-corrected chi connectivity index (χ2v) is 9.44. The van der Waals surface area contributed by atoms with Gasteiger partial charge in [0.2, 0.25) is 5.91 Å².